The first-order valence-corrected chi connectivity index (χ1v) is 7.69. The smallest absolute Gasteiger partial charge is 0.0897 e. The molecule has 0 radical (unpaired) electrons. The Morgan fingerprint density at radius 3 is 2.89 bits per heavy atom. The van der Waals surface area contributed by atoms with E-state index in [1.807, 2.05) is 32.2 Å². The van der Waals surface area contributed by atoms with Crippen LogP contribution in [-0.4, -0.2) is 12.0 Å². The van der Waals surface area contributed by atoms with Crippen LogP contribution >= 0.6 is 38.9 Å². The summed E-state index contributed by atoms with van der Waals surface area (Å²) < 4.78 is 0.927. The summed E-state index contributed by atoms with van der Waals surface area (Å²) in [5.74, 6) is 0. The van der Waals surface area contributed by atoms with E-state index in [9.17, 15) is 0 Å². The fourth-order valence-corrected chi connectivity index (χ4v) is 3.13. The summed E-state index contributed by atoms with van der Waals surface area (Å²) in [7, 11) is 1.95. The van der Waals surface area contributed by atoms with Crippen LogP contribution in [0.1, 0.15) is 22.3 Å². The Morgan fingerprint density at radius 2 is 2.28 bits per heavy atom. The molecule has 0 amide bonds. The predicted molar refractivity (Wildman–Crippen MR) is 81.5 cm³/mol. The third-order valence-corrected chi connectivity index (χ3v) is 4.92. The zero-order chi connectivity index (χ0) is 13.1. The summed E-state index contributed by atoms with van der Waals surface area (Å²) >= 11 is 11.5. The third-order valence-electron chi connectivity index (χ3n) is 2.79. The Labute approximate surface area is 125 Å². The van der Waals surface area contributed by atoms with Crippen LogP contribution in [0.2, 0.25) is 5.02 Å². The van der Waals surface area contributed by atoms with E-state index >= 15 is 0 Å². The molecule has 0 fully saturated rings. The van der Waals surface area contributed by atoms with Crippen molar-refractivity contribution in [3.8, 4) is 0 Å². The lowest BCUT2D eigenvalue weighted by Crippen LogP contribution is -2.19. The van der Waals surface area contributed by atoms with Crippen LogP contribution in [0.4, 0.5) is 0 Å². The van der Waals surface area contributed by atoms with Gasteiger partial charge in [0.05, 0.1) is 15.7 Å². The minimum Gasteiger partial charge on any atom is -0.313 e. The molecule has 2 nitrogen and oxygen atoms in total. The lowest BCUT2D eigenvalue weighted by molar-refractivity contribution is 0.585. The number of aromatic nitrogens is 1. The second kappa shape index (κ2) is 6.15. The van der Waals surface area contributed by atoms with E-state index in [1.54, 1.807) is 11.3 Å². The van der Waals surface area contributed by atoms with E-state index in [4.69, 9.17) is 11.6 Å². The van der Waals surface area contributed by atoms with Crippen LogP contribution in [0, 0.1) is 6.92 Å². The van der Waals surface area contributed by atoms with E-state index < -0.39 is 0 Å². The minimum atomic E-state index is 0.177. The molecule has 0 saturated carbocycles. The normalized spacial score (nSPS) is 12.7. The summed E-state index contributed by atoms with van der Waals surface area (Å²) in [6.07, 6.45) is 0.844. The highest BCUT2D eigenvalue weighted by molar-refractivity contribution is 9.10. The SMILES string of the molecule is CNC(Cc1csc(C)n1)c1cccc(Br)c1Cl. The minimum absolute atomic E-state index is 0.177. The van der Waals surface area contributed by atoms with Crippen molar-refractivity contribution in [1.29, 1.82) is 0 Å². The van der Waals surface area contributed by atoms with E-state index in [2.05, 4.69) is 31.6 Å². The van der Waals surface area contributed by atoms with Crippen molar-refractivity contribution in [2.75, 3.05) is 7.05 Å². The van der Waals surface area contributed by atoms with Gasteiger partial charge in [-0.05, 0) is 41.5 Å². The fourth-order valence-electron chi connectivity index (χ4n) is 1.87. The van der Waals surface area contributed by atoms with E-state index in [0.29, 0.717) is 0 Å². The molecule has 96 valence electrons. The maximum absolute atomic E-state index is 6.33. The van der Waals surface area contributed by atoms with Crippen LogP contribution < -0.4 is 5.32 Å². The van der Waals surface area contributed by atoms with Gasteiger partial charge >= 0.3 is 0 Å². The van der Waals surface area contributed by atoms with Crippen molar-refractivity contribution in [3.63, 3.8) is 0 Å². The van der Waals surface area contributed by atoms with Crippen LogP contribution in [-0.2, 0) is 6.42 Å². The van der Waals surface area contributed by atoms with Crippen molar-refractivity contribution in [2.45, 2.75) is 19.4 Å². The number of halogens is 2. The first-order valence-electron chi connectivity index (χ1n) is 5.64. The van der Waals surface area contributed by atoms with Gasteiger partial charge in [0.1, 0.15) is 0 Å². The lowest BCUT2D eigenvalue weighted by atomic mass is 10.0. The van der Waals surface area contributed by atoms with Gasteiger partial charge in [0.15, 0.2) is 0 Å². The fraction of sp³-hybridized carbons (Fsp3) is 0.308. The number of nitrogens with one attached hydrogen (secondary N) is 1. The number of aryl methyl sites for hydroxylation is 1. The second-order valence-electron chi connectivity index (χ2n) is 4.05. The molecule has 18 heavy (non-hydrogen) atoms. The van der Waals surface area contributed by atoms with Crippen molar-refractivity contribution in [2.24, 2.45) is 0 Å². The Balaban J connectivity index is 2.25. The second-order valence-corrected chi connectivity index (χ2v) is 6.34. The van der Waals surface area contributed by atoms with E-state index in [-0.39, 0.29) is 6.04 Å². The summed E-state index contributed by atoms with van der Waals surface area (Å²) in [6, 6.07) is 6.18. The predicted octanol–water partition coefficient (Wildman–Crippen LogP) is 4.37. The molecule has 0 aliphatic heterocycles. The molecule has 0 spiro atoms. The molecule has 0 aliphatic rings. The highest BCUT2D eigenvalue weighted by Crippen LogP contribution is 2.31. The average molecular weight is 346 g/mol. The molecule has 1 N–H and O–H groups in total. The van der Waals surface area contributed by atoms with Gasteiger partial charge in [-0.25, -0.2) is 4.98 Å². The molecule has 1 heterocycles. The maximum Gasteiger partial charge on any atom is 0.0897 e. The molecule has 1 unspecified atom stereocenters. The van der Waals surface area contributed by atoms with Crippen LogP contribution in [0.25, 0.3) is 0 Å². The quantitative estimate of drug-likeness (QED) is 0.890. The molecule has 1 aromatic heterocycles. The van der Waals surface area contributed by atoms with Gasteiger partial charge in [-0.3, -0.25) is 0 Å². The van der Waals surface area contributed by atoms with Crippen molar-refractivity contribution in [1.82, 2.24) is 10.3 Å². The molecule has 2 aromatic rings. The monoisotopic (exact) mass is 344 g/mol. The number of hydrogen-bond donors (Lipinski definition) is 1. The largest absolute Gasteiger partial charge is 0.313 e. The van der Waals surface area contributed by atoms with E-state index in [0.717, 1.165) is 32.2 Å². The number of rotatable bonds is 4. The molecule has 1 aromatic carbocycles. The topological polar surface area (TPSA) is 24.9 Å². The Kier molecular flexibility index (Phi) is 4.78. The van der Waals surface area contributed by atoms with Crippen LogP contribution in [0.3, 0.4) is 0 Å². The van der Waals surface area contributed by atoms with Gasteiger partial charge in [0.2, 0.25) is 0 Å². The molecular weight excluding hydrogens is 332 g/mol. The first kappa shape index (κ1) is 14.0. The number of thiazole rings is 1. The van der Waals surface area contributed by atoms with Crippen LogP contribution in [0.15, 0.2) is 28.1 Å². The number of nitrogens with zero attached hydrogens (tertiary/aromatic N) is 1. The van der Waals surface area contributed by atoms with Crippen molar-refractivity contribution >= 4 is 38.9 Å². The standard InChI is InChI=1S/C13H14BrClN2S/c1-8-17-9(7-18-8)6-12(16-2)10-4-3-5-11(14)13(10)15/h3-5,7,12,16H,6H2,1-2H3. The highest BCUT2D eigenvalue weighted by atomic mass is 79.9. The molecular formula is C13H14BrClN2S. The molecule has 5 heteroatoms. The molecule has 0 aliphatic carbocycles. The summed E-state index contributed by atoms with van der Waals surface area (Å²) in [5, 5.41) is 7.27. The molecule has 2 rings (SSSR count). The lowest BCUT2D eigenvalue weighted by Gasteiger charge is -2.17. The summed E-state index contributed by atoms with van der Waals surface area (Å²) in [4.78, 5) is 4.50. The first-order chi connectivity index (χ1) is 8.61. The molecule has 0 saturated heterocycles. The molecule has 1 atom stereocenters. The van der Waals surface area contributed by atoms with Crippen LogP contribution in [0.5, 0.6) is 0 Å². The van der Waals surface area contributed by atoms with Gasteiger partial charge in [0.25, 0.3) is 0 Å². The zero-order valence-corrected chi connectivity index (χ0v) is 13.4. The summed E-state index contributed by atoms with van der Waals surface area (Å²) in [6.45, 7) is 2.02. The average Bonchev–Trinajstić information content (AvgIpc) is 2.76. The summed E-state index contributed by atoms with van der Waals surface area (Å²) in [5.41, 5.74) is 2.20. The Bertz CT molecular complexity index is 542. The number of benzene rings is 1. The van der Waals surface area contributed by atoms with Gasteiger partial charge in [-0.1, -0.05) is 23.7 Å². The number of likely N-dealkylation sites (N-methyl/N-ethyl adjacent to an activating group) is 1. The van der Waals surface area contributed by atoms with Crippen molar-refractivity contribution < 1.29 is 0 Å². The van der Waals surface area contributed by atoms with Gasteiger partial charge < -0.3 is 5.32 Å². The molecule has 0 bridgehead atoms. The van der Waals surface area contributed by atoms with Gasteiger partial charge in [0, 0.05) is 22.3 Å². The maximum atomic E-state index is 6.33. The van der Waals surface area contributed by atoms with Gasteiger partial charge in [-0.15, -0.1) is 11.3 Å². The van der Waals surface area contributed by atoms with Gasteiger partial charge in [-0.2, -0.15) is 0 Å². The van der Waals surface area contributed by atoms with Crippen molar-refractivity contribution in [3.05, 3.63) is 49.3 Å². The number of hydrogen-bond acceptors (Lipinski definition) is 3. The highest BCUT2D eigenvalue weighted by Gasteiger charge is 2.16. The zero-order valence-electron chi connectivity index (χ0n) is 10.2. The third kappa shape index (κ3) is 3.12. The Morgan fingerprint density at radius 1 is 1.50 bits per heavy atom. The van der Waals surface area contributed by atoms with E-state index in [1.165, 1.54) is 0 Å². The Hall–Kier alpha value is -0.420.